The van der Waals surface area contributed by atoms with Crippen LogP contribution in [0, 0.1) is 0 Å². The molecule has 2 aromatic rings. The van der Waals surface area contributed by atoms with Crippen LogP contribution in [-0.4, -0.2) is 4.98 Å². The summed E-state index contributed by atoms with van der Waals surface area (Å²) in [6.07, 6.45) is 5.62. The van der Waals surface area contributed by atoms with E-state index in [0.717, 1.165) is 24.3 Å². The Hall–Kier alpha value is -1.57. The van der Waals surface area contributed by atoms with Gasteiger partial charge in [-0.3, -0.25) is 4.98 Å². The normalized spacial score (nSPS) is 10.5. The Morgan fingerprint density at radius 1 is 1.27 bits per heavy atom. The number of rotatable bonds is 3. The average molecular weight is 201 g/mol. The zero-order valence-electron chi connectivity index (χ0n) is 9.16. The van der Waals surface area contributed by atoms with Gasteiger partial charge in [0.25, 0.3) is 0 Å². The first-order chi connectivity index (χ1) is 7.35. The van der Waals surface area contributed by atoms with Gasteiger partial charge in [-0.1, -0.05) is 19.9 Å². The van der Waals surface area contributed by atoms with Crippen molar-refractivity contribution >= 4 is 0 Å². The summed E-state index contributed by atoms with van der Waals surface area (Å²) >= 11 is 0. The van der Waals surface area contributed by atoms with Gasteiger partial charge in [0.2, 0.25) is 0 Å². The summed E-state index contributed by atoms with van der Waals surface area (Å²) in [5.41, 5.74) is 3.51. The molecule has 2 heterocycles. The molecule has 0 atom stereocenters. The monoisotopic (exact) mass is 201 g/mol. The van der Waals surface area contributed by atoms with Crippen molar-refractivity contribution in [2.75, 3.05) is 0 Å². The molecule has 2 nitrogen and oxygen atoms in total. The lowest BCUT2D eigenvalue weighted by Crippen LogP contribution is -1.93. The van der Waals surface area contributed by atoms with E-state index in [1.807, 2.05) is 18.3 Å². The van der Waals surface area contributed by atoms with E-state index in [2.05, 4.69) is 24.9 Å². The molecule has 0 saturated carbocycles. The first-order valence-electron chi connectivity index (χ1n) is 5.36. The summed E-state index contributed by atoms with van der Waals surface area (Å²) in [5.74, 6) is 0.856. The minimum Gasteiger partial charge on any atom is -0.463 e. The number of hydrogen-bond donors (Lipinski definition) is 0. The van der Waals surface area contributed by atoms with Crippen molar-refractivity contribution in [3.63, 3.8) is 0 Å². The van der Waals surface area contributed by atoms with Crippen LogP contribution in [0.2, 0.25) is 0 Å². The molecule has 78 valence electrons. The zero-order valence-corrected chi connectivity index (χ0v) is 9.16. The number of furan rings is 1. The quantitative estimate of drug-likeness (QED) is 0.760. The second-order valence-electron chi connectivity index (χ2n) is 3.54. The second kappa shape index (κ2) is 4.30. The maximum absolute atomic E-state index is 5.37. The third-order valence-electron chi connectivity index (χ3n) is 2.57. The minimum atomic E-state index is 0.856. The molecule has 0 spiro atoms. The lowest BCUT2D eigenvalue weighted by atomic mass is 10.1. The highest BCUT2D eigenvalue weighted by atomic mass is 16.3. The summed E-state index contributed by atoms with van der Waals surface area (Å²) in [6.45, 7) is 4.28. The molecule has 2 rings (SSSR count). The third-order valence-corrected chi connectivity index (χ3v) is 2.57. The highest BCUT2D eigenvalue weighted by Gasteiger charge is 2.08. The van der Waals surface area contributed by atoms with E-state index in [9.17, 15) is 0 Å². The molecule has 2 heteroatoms. The predicted molar refractivity (Wildman–Crippen MR) is 60.7 cm³/mol. The van der Waals surface area contributed by atoms with E-state index in [1.165, 1.54) is 11.1 Å². The van der Waals surface area contributed by atoms with Crippen molar-refractivity contribution in [2.45, 2.75) is 26.7 Å². The molecule has 0 amide bonds. The molecular formula is C13H15NO. The molecular weight excluding hydrogens is 186 g/mol. The van der Waals surface area contributed by atoms with Gasteiger partial charge in [-0.15, -0.1) is 0 Å². The van der Waals surface area contributed by atoms with E-state index < -0.39 is 0 Å². The summed E-state index contributed by atoms with van der Waals surface area (Å²) in [5, 5.41) is 0. The predicted octanol–water partition coefficient (Wildman–Crippen LogP) is 3.47. The van der Waals surface area contributed by atoms with Crippen LogP contribution in [0.5, 0.6) is 0 Å². The zero-order chi connectivity index (χ0) is 10.7. The van der Waals surface area contributed by atoms with Crippen molar-refractivity contribution in [2.24, 2.45) is 0 Å². The van der Waals surface area contributed by atoms with Crippen molar-refractivity contribution < 1.29 is 4.42 Å². The van der Waals surface area contributed by atoms with Crippen molar-refractivity contribution in [3.05, 3.63) is 41.8 Å². The Morgan fingerprint density at radius 2 is 2.13 bits per heavy atom. The number of pyridine rings is 1. The van der Waals surface area contributed by atoms with E-state index in [4.69, 9.17) is 4.42 Å². The standard InChI is InChI=1S/C13H15NO/c1-3-10-8-11(4-2)13(14-9-10)12-6-5-7-15-12/h5-9H,3-4H2,1-2H3. The fourth-order valence-corrected chi connectivity index (χ4v) is 1.66. The molecule has 0 unspecified atom stereocenters. The fraction of sp³-hybridized carbons (Fsp3) is 0.308. The molecule has 0 fully saturated rings. The van der Waals surface area contributed by atoms with Crippen LogP contribution < -0.4 is 0 Å². The second-order valence-corrected chi connectivity index (χ2v) is 3.54. The van der Waals surface area contributed by atoms with Gasteiger partial charge in [0.1, 0.15) is 5.69 Å². The van der Waals surface area contributed by atoms with Gasteiger partial charge in [0, 0.05) is 6.20 Å². The van der Waals surface area contributed by atoms with Crippen LogP contribution in [0.1, 0.15) is 25.0 Å². The molecule has 0 aliphatic carbocycles. The average Bonchev–Trinajstić information content (AvgIpc) is 2.81. The van der Waals surface area contributed by atoms with Crippen LogP contribution in [0.4, 0.5) is 0 Å². The molecule has 0 radical (unpaired) electrons. The largest absolute Gasteiger partial charge is 0.463 e. The topological polar surface area (TPSA) is 26.0 Å². The molecule has 0 N–H and O–H groups in total. The molecule has 0 saturated heterocycles. The van der Waals surface area contributed by atoms with Crippen molar-refractivity contribution in [1.29, 1.82) is 0 Å². The molecule has 0 aliphatic rings. The van der Waals surface area contributed by atoms with Crippen LogP contribution in [0.15, 0.2) is 35.1 Å². The fourth-order valence-electron chi connectivity index (χ4n) is 1.66. The first kappa shape index (κ1) is 9.97. The Balaban J connectivity index is 2.48. The van der Waals surface area contributed by atoms with Crippen molar-refractivity contribution in [1.82, 2.24) is 4.98 Å². The Bertz CT molecular complexity index is 432. The SMILES string of the molecule is CCc1cnc(-c2ccco2)c(CC)c1. The summed E-state index contributed by atoms with van der Waals surface area (Å²) in [6, 6.07) is 6.06. The van der Waals surface area contributed by atoms with Gasteiger partial charge >= 0.3 is 0 Å². The van der Waals surface area contributed by atoms with Gasteiger partial charge in [-0.05, 0) is 36.1 Å². The van der Waals surface area contributed by atoms with E-state index in [0.29, 0.717) is 0 Å². The summed E-state index contributed by atoms with van der Waals surface area (Å²) in [7, 11) is 0. The Kier molecular flexibility index (Phi) is 2.86. The number of aromatic nitrogens is 1. The maximum Gasteiger partial charge on any atom is 0.152 e. The lowest BCUT2D eigenvalue weighted by molar-refractivity contribution is 0.579. The molecule has 0 aliphatic heterocycles. The van der Waals surface area contributed by atoms with Gasteiger partial charge in [0.15, 0.2) is 5.76 Å². The number of aryl methyl sites for hydroxylation is 2. The molecule has 15 heavy (non-hydrogen) atoms. The molecule has 2 aromatic heterocycles. The lowest BCUT2D eigenvalue weighted by Gasteiger charge is -2.06. The highest BCUT2D eigenvalue weighted by molar-refractivity contribution is 5.57. The van der Waals surface area contributed by atoms with E-state index >= 15 is 0 Å². The van der Waals surface area contributed by atoms with Crippen LogP contribution in [0.25, 0.3) is 11.5 Å². The minimum absolute atomic E-state index is 0.856. The highest BCUT2D eigenvalue weighted by Crippen LogP contribution is 2.23. The first-order valence-corrected chi connectivity index (χ1v) is 5.36. The third kappa shape index (κ3) is 1.94. The van der Waals surface area contributed by atoms with E-state index in [1.54, 1.807) is 6.26 Å². The van der Waals surface area contributed by atoms with Crippen LogP contribution in [0.3, 0.4) is 0 Å². The van der Waals surface area contributed by atoms with Crippen LogP contribution in [-0.2, 0) is 12.8 Å². The Labute approximate surface area is 90.0 Å². The molecule has 0 aromatic carbocycles. The van der Waals surface area contributed by atoms with E-state index in [-0.39, 0.29) is 0 Å². The van der Waals surface area contributed by atoms with Gasteiger partial charge in [0.05, 0.1) is 6.26 Å². The molecule has 0 bridgehead atoms. The number of hydrogen-bond acceptors (Lipinski definition) is 2. The van der Waals surface area contributed by atoms with Gasteiger partial charge < -0.3 is 4.42 Å². The van der Waals surface area contributed by atoms with Crippen LogP contribution >= 0.6 is 0 Å². The van der Waals surface area contributed by atoms with Gasteiger partial charge in [-0.25, -0.2) is 0 Å². The maximum atomic E-state index is 5.37. The van der Waals surface area contributed by atoms with Crippen molar-refractivity contribution in [3.8, 4) is 11.5 Å². The Morgan fingerprint density at radius 3 is 2.73 bits per heavy atom. The summed E-state index contributed by atoms with van der Waals surface area (Å²) < 4.78 is 5.37. The van der Waals surface area contributed by atoms with Gasteiger partial charge in [-0.2, -0.15) is 0 Å². The number of nitrogens with zero attached hydrogens (tertiary/aromatic N) is 1. The smallest absolute Gasteiger partial charge is 0.152 e. The summed E-state index contributed by atoms with van der Waals surface area (Å²) in [4.78, 5) is 4.47.